The quantitative estimate of drug-likeness (QED) is 0.847. The Morgan fingerprint density at radius 2 is 1.90 bits per heavy atom. The number of carbonyl (C=O) groups excluding carboxylic acids is 1. The van der Waals surface area contributed by atoms with Crippen molar-refractivity contribution in [3.8, 4) is 5.69 Å². The summed E-state index contributed by atoms with van der Waals surface area (Å²) in [5.74, 6) is 1.30. The van der Waals surface area contributed by atoms with E-state index in [1.807, 2.05) is 65.1 Å². The van der Waals surface area contributed by atoms with Crippen LogP contribution in [0.5, 0.6) is 0 Å². The lowest BCUT2D eigenvalue weighted by Crippen LogP contribution is -2.39. The Bertz CT molecular complexity index is 620. The van der Waals surface area contributed by atoms with E-state index in [-0.39, 0.29) is 5.91 Å². The molecule has 3 nitrogen and oxygen atoms in total. The Balaban J connectivity index is 1.55. The third-order valence-corrected chi connectivity index (χ3v) is 5.57. The van der Waals surface area contributed by atoms with Gasteiger partial charge in [0, 0.05) is 47.2 Å². The third-order valence-electron chi connectivity index (χ3n) is 4.18. The van der Waals surface area contributed by atoms with Crippen LogP contribution in [0, 0.1) is 0 Å². The SMILES string of the molecule is O=C(c1ccc(-n2cccc2)cc1)N1CC2CC1CS2. The predicted molar refractivity (Wildman–Crippen MR) is 81.5 cm³/mol. The molecule has 0 radical (unpaired) electrons. The number of thioether (sulfide) groups is 1. The minimum Gasteiger partial charge on any atom is -0.334 e. The van der Waals surface area contributed by atoms with E-state index < -0.39 is 0 Å². The van der Waals surface area contributed by atoms with Crippen molar-refractivity contribution >= 4 is 17.7 Å². The molecule has 2 bridgehead atoms. The van der Waals surface area contributed by atoms with Crippen LogP contribution in [0.15, 0.2) is 48.8 Å². The van der Waals surface area contributed by atoms with Crippen molar-refractivity contribution in [2.24, 2.45) is 0 Å². The van der Waals surface area contributed by atoms with E-state index in [0.29, 0.717) is 11.3 Å². The first-order valence-electron chi connectivity index (χ1n) is 6.97. The lowest BCUT2D eigenvalue weighted by atomic mass is 10.1. The lowest BCUT2D eigenvalue weighted by molar-refractivity contribution is 0.0747. The number of aromatic nitrogens is 1. The average molecular weight is 284 g/mol. The molecule has 2 saturated heterocycles. The molecule has 0 N–H and O–H groups in total. The summed E-state index contributed by atoms with van der Waals surface area (Å²) in [5.41, 5.74) is 1.89. The standard InChI is InChI=1S/C16H16N2OS/c19-16(18-10-15-9-14(18)11-20-15)12-3-5-13(6-4-12)17-7-1-2-8-17/h1-8,14-15H,9-11H2. The van der Waals surface area contributed by atoms with Gasteiger partial charge in [0.05, 0.1) is 0 Å². The summed E-state index contributed by atoms with van der Waals surface area (Å²) in [6.07, 6.45) is 5.19. The van der Waals surface area contributed by atoms with Crippen molar-refractivity contribution in [2.75, 3.05) is 12.3 Å². The molecule has 2 unspecified atom stereocenters. The molecule has 4 rings (SSSR count). The second-order valence-corrected chi connectivity index (χ2v) is 6.77. The van der Waals surface area contributed by atoms with Crippen molar-refractivity contribution in [1.82, 2.24) is 9.47 Å². The summed E-state index contributed by atoms with van der Waals surface area (Å²) in [5, 5.41) is 0.670. The molecule has 20 heavy (non-hydrogen) atoms. The minimum atomic E-state index is 0.192. The highest BCUT2D eigenvalue weighted by atomic mass is 32.2. The van der Waals surface area contributed by atoms with Gasteiger partial charge in [0.25, 0.3) is 5.91 Å². The Hall–Kier alpha value is -1.68. The highest BCUT2D eigenvalue weighted by Gasteiger charge is 2.41. The van der Waals surface area contributed by atoms with Gasteiger partial charge in [-0.2, -0.15) is 11.8 Å². The second kappa shape index (κ2) is 4.70. The number of nitrogens with zero attached hydrogens (tertiary/aromatic N) is 2. The van der Waals surface area contributed by atoms with Crippen LogP contribution in [0.1, 0.15) is 16.8 Å². The summed E-state index contributed by atoms with van der Waals surface area (Å²) in [7, 11) is 0. The molecule has 2 aliphatic heterocycles. The Kier molecular flexibility index (Phi) is 2.84. The number of rotatable bonds is 2. The van der Waals surface area contributed by atoms with Gasteiger partial charge in [-0.15, -0.1) is 0 Å². The number of likely N-dealkylation sites (tertiary alicyclic amines) is 1. The summed E-state index contributed by atoms with van der Waals surface area (Å²) in [4.78, 5) is 14.6. The van der Waals surface area contributed by atoms with Crippen molar-refractivity contribution in [1.29, 1.82) is 0 Å². The van der Waals surface area contributed by atoms with E-state index in [9.17, 15) is 4.79 Å². The minimum absolute atomic E-state index is 0.192. The molecule has 0 saturated carbocycles. The molecule has 2 aliphatic rings. The normalized spacial score (nSPS) is 24.3. The van der Waals surface area contributed by atoms with Crippen molar-refractivity contribution in [3.63, 3.8) is 0 Å². The van der Waals surface area contributed by atoms with Crippen LogP contribution in [0.4, 0.5) is 0 Å². The first kappa shape index (κ1) is 12.1. The predicted octanol–water partition coefficient (Wildman–Crippen LogP) is 2.81. The van der Waals surface area contributed by atoms with Gasteiger partial charge in [-0.05, 0) is 42.8 Å². The van der Waals surface area contributed by atoms with Gasteiger partial charge in [-0.25, -0.2) is 0 Å². The monoisotopic (exact) mass is 284 g/mol. The molecule has 1 aromatic heterocycles. The van der Waals surface area contributed by atoms with Crippen LogP contribution in [-0.4, -0.2) is 39.0 Å². The van der Waals surface area contributed by atoms with E-state index in [4.69, 9.17) is 0 Å². The zero-order chi connectivity index (χ0) is 13.5. The molecular formula is C16H16N2OS. The van der Waals surface area contributed by atoms with Crippen molar-refractivity contribution in [2.45, 2.75) is 17.7 Å². The van der Waals surface area contributed by atoms with Crippen LogP contribution in [0.25, 0.3) is 5.69 Å². The molecule has 2 fully saturated rings. The zero-order valence-corrected chi connectivity index (χ0v) is 11.9. The summed E-state index contributed by atoms with van der Waals surface area (Å²) in [6.45, 7) is 0.924. The number of benzene rings is 1. The molecule has 0 aliphatic carbocycles. The Morgan fingerprint density at radius 3 is 2.50 bits per heavy atom. The lowest BCUT2D eigenvalue weighted by Gasteiger charge is -2.26. The van der Waals surface area contributed by atoms with Gasteiger partial charge in [-0.3, -0.25) is 4.79 Å². The number of amides is 1. The van der Waals surface area contributed by atoms with Crippen LogP contribution < -0.4 is 0 Å². The summed E-state index contributed by atoms with van der Waals surface area (Å²) >= 11 is 2.01. The van der Waals surface area contributed by atoms with Gasteiger partial charge in [-0.1, -0.05) is 0 Å². The van der Waals surface area contributed by atoms with Gasteiger partial charge >= 0.3 is 0 Å². The topological polar surface area (TPSA) is 25.2 Å². The summed E-state index contributed by atoms with van der Waals surface area (Å²) < 4.78 is 2.04. The molecule has 4 heteroatoms. The largest absolute Gasteiger partial charge is 0.334 e. The van der Waals surface area contributed by atoms with Gasteiger partial charge in [0.15, 0.2) is 0 Å². The second-order valence-electron chi connectivity index (χ2n) is 5.44. The number of carbonyl (C=O) groups is 1. The molecule has 2 atom stereocenters. The van der Waals surface area contributed by atoms with Crippen molar-refractivity contribution < 1.29 is 4.79 Å². The number of fused-ring (bicyclic) bond motifs is 2. The fourth-order valence-corrected chi connectivity index (χ4v) is 4.53. The van der Waals surface area contributed by atoms with Crippen LogP contribution >= 0.6 is 11.8 Å². The molecule has 102 valence electrons. The van der Waals surface area contributed by atoms with Crippen molar-refractivity contribution in [3.05, 3.63) is 54.4 Å². The fourth-order valence-electron chi connectivity index (χ4n) is 3.10. The zero-order valence-electron chi connectivity index (χ0n) is 11.1. The van der Waals surface area contributed by atoms with Gasteiger partial charge in [0.2, 0.25) is 0 Å². The van der Waals surface area contributed by atoms with E-state index >= 15 is 0 Å². The van der Waals surface area contributed by atoms with E-state index in [2.05, 4.69) is 4.90 Å². The molecule has 1 amide bonds. The number of hydrogen-bond donors (Lipinski definition) is 0. The maximum Gasteiger partial charge on any atom is 0.254 e. The van der Waals surface area contributed by atoms with Gasteiger partial charge < -0.3 is 9.47 Å². The first-order chi connectivity index (χ1) is 9.81. The van der Waals surface area contributed by atoms with E-state index in [1.165, 1.54) is 6.42 Å². The molecule has 2 aromatic rings. The Morgan fingerprint density at radius 1 is 1.15 bits per heavy atom. The van der Waals surface area contributed by atoms with Gasteiger partial charge in [0.1, 0.15) is 0 Å². The van der Waals surface area contributed by atoms with E-state index in [0.717, 1.165) is 23.5 Å². The third kappa shape index (κ3) is 1.95. The maximum atomic E-state index is 12.5. The van der Waals surface area contributed by atoms with Crippen LogP contribution in [0.2, 0.25) is 0 Å². The summed E-state index contributed by atoms with van der Waals surface area (Å²) in [6, 6.07) is 12.4. The number of hydrogen-bond acceptors (Lipinski definition) is 2. The molecule has 3 heterocycles. The van der Waals surface area contributed by atoms with Crippen LogP contribution in [0.3, 0.4) is 0 Å². The highest BCUT2D eigenvalue weighted by Crippen LogP contribution is 2.38. The molecular weight excluding hydrogens is 268 g/mol. The van der Waals surface area contributed by atoms with E-state index in [1.54, 1.807) is 0 Å². The fraction of sp³-hybridized carbons (Fsp3) is 0.312. The average Bonchev–Trinajstić information content (AvgIpc) is 3.23. The molecule has 0 spiro atoms. The smallest absolute Gasteiger partial charge is 0.254 e. The maximum absolute atomic E-state index is 12.5. The first-order valence-corrected chi connectivity index (χ1v) is 8.02. The molecule has 1 aromatic carbocycles. The van der Waals surface area contributed by atoms with Crippen LogP contribution in [-0.2, 0) is 0 Å². The highest BCUT2D eigenvalue weighted by molar-refractivity contribution is 8.00. The Labute approximate surface area is 122 Å².